The van der Waals surface area contributed by atoms with Gasteiger partial charge in [0.15, 0.2) is 0 Å². The summed E-state index contributed by atoms with van der Waals surface area (Å²) < 4.78 is 5.29. The summed E-state index contributed by atoms with van der Waals surface area (Å²) in [6.45, 7) is 1.78. The molecule has 0 aromatic carbocycles. The highest BCUT2D eigenvalue weighted by Gasteiger charge is 2.24. The minimum atomic E-state index is 0.00574. The Kier molecular flexibility index (Phi) is 5.49. The summed E-state index contributed by atoms with van der Waals surface area (Å²) in [5, 5.41) is 3.05. The van der Waals surface area contributed by atoms with Crippen LogP contribution in [0.15, 0.2) is 18.3 Å². The molecule has 0 radical (unpaired) electrons. The van der Waals surface area contributed by atoms with Crippen molar-refractivity contribution in [3.63, 3.8) is 0 Å². The fourth-order valence-corrected chi connectivity index (χ4v) is 3.60. The lowest BCUT2D eigenvalue weighted by molar-refractivity contribution is -0.125. The van der Waals surface area contributed by atoms with Gasteiger partial charge in [-0.2, -0.15) is 0 Å². The fourth-order valence-electron chi connectivity index (χ4n) is 3.60. The summed E-state index contributed by atoms with van der Waals surface area (Å²) >= 11 is 0. The van der Waals surface area contributed by atoms with Gasteiger partial charge < -0.3 is 15.0 Å². The maximum atomic E-state index is 12.2. The highest BCUT2D eigenvalue weighted by atomic mass is 16.5. The van der Waals surface area contributed by atoms with Crippen LogP contribution in [-0.4, -0.2) is 37.2 Å². The number of carbonyl (C=O) groups is 1. The zero-order chi connectivity index (χ0) is 16.1. The van der Waals surface area contributed by atoms with Crippen molar-refractivity contribution in [2.45, 2.75) is 51.1 Å². The van der Waals surface area contributed by atoms with Crippen molar-refractivity contribution in [1.82, 2.24) is 10.3 Å². The van der Waals surface area contributed by atoms with Crippen LogP contribution in [-0.2, 0) is 16.1 Å². The molecule has 1 amide bonds. The largest absolute Gasteiger partial charge is 0.381 e. The Labute approximate surface area is 138 Å². The lowest BCUT2D eigenvalue weighted by Crippen LogP contribution is -2.36. The van der Waals surface area contributed by atoms with Gasteiger partial charge in [0.1, 0.15) is 5.82 Å². The summed E-state index contributed by atoms with van der Waals surface area (Å²) in [5.41, 5.74) is 1.09. The SMILES string of the molecule is CN(c1ncccc1CNC(=O)[C@H]1CCOC1)C1CCCCC1. The molecule has 1 aliphatic heterocycles. The smallest absolute Gasteiger partial charge is 0.225 e. The number of nitrogens with zero attached hydrogens (tertiary/aromatic N) is 2. The number of amides is 1. The third-order valence-corrected chi connectivity index (χ3v) is 5.08. The summed E-state index contributed by atoms with van der Waals surface area (Å²) in [4.78, 5) is 19.1. The molecule has 0 spiro atoms. The number of aromatic nitrogens is 1. The first-order valence-corrected chi connectivity index (χ1v) is 8.78. The molecule has 3 rings (SSSR count). The molecule has 2 aliphatic rings. The van der Waals surface area contributed by atoms with Gasteiger partial charge in [0.05, 0.1) is 12.5 Å². The van der Waals surface area contributed by atoms with Gasteiger partial charge in [-0.3, -0.25) is 4.79 Å². The molecule has 0 unspecified atom stereocenters. The lowest BCUT2D eigenvalue weighted by Gasteiger charge is -2.33. The van der Waals surface area contributed by atoms with Crippen LogP contribution in [0.5, 0.6) is 0 Å². The average molecular weight is 317 g/mol. The lowest BCUT2D eigenvalue weighted by atomic mass is 9.94. The number of nitrogens with one attached hydrogen (secondary N) is 1. The first-order valence-electron chi connectivity index (χ1n) is 8.78. The van der Waals surface area contributed by atoms with Gasteiger partial charge in [-0.1, -0.05) is 25.3 Å². The zero-order valence-electron chi connectivity index (χ0n) is 14.0. The number of hydrogen-bond acceptors (Lipinski definition) is 4. The van der Waals surface area contributed by atoms with Crippen molar-refractivity contribution in [3.05, 3.63) is 23.9 Å². The van der Waals surface area contributed by atoms with Gasteiger partial charge in [-0.15, -0.1) is 0 Å². The van der Waals surface area contributed by atoms with Crippen molar-refractivity contribution in [3.8, 4) is 0 Å². The highest BCUT2D eigenvalue weighted by molar-refractivity contribution is 5.79. The zero-order valence-corrected chi connectivity index (χ0v) is 14.0. The summed E-state index contributed by atoms with van der Waals surface area (Å²) in [6, 6.07) is 4.57. The summed E-state index contributed by atoms with van der Waals surface area (Å²) in [6.07, 6.45) is 9.08. The monoisotopic (exact) mass is 317 g/mol. The number of ether oxygens (including phenoxy) is 1. The van der Waals surface area contributed by atoms with E-state index in [0.29, 0.717) is 25.8 Å². The van der Waals surface area contributed by atoms with Crippen LogP contribution >= 0.6 is 0 Å². The van der Waals surface area contributed by atoms with E-state index in [0.717, 1.165) is 17.8 Å². The Balaban J connectivity index is 1.63. The molecule has 2 heterocycles. The predicted molar refractivity (Wildman–Crippen MR) is 90.3 cm³/mol. The molecule has 23 heavy (non-hydrogen) atoms. The van der Waals surface area contributed by atoms with Crippen molar-refractivity contribution in [2.24, 2.45) is 5.92 Å². The van der Waals surface area contributed by atoms with Gasteiger partial charge in [0.2, 0.25) is 5.91 Å². The van der Waals surface area contributed by atoms with Crippen LogP contribution in [0, 0.1) is 5.92 Å². The van der Waals surface area contributed by atoms with Gasteiger partial charge >= 0.3 is 0 Å². The van der Waals surface area contributed by atoms with E-state index in [1.165, 1.54) is 32.1 Å². The Morgan fingerprint density at radius 3 is 2.91 bits per heavy atom. The Hall–Kier alpha value is -1.62. The normalized spacial score (nSPS) is 22.0. The molecule has 5 heteroatoms. The molecule has 1 saturated carbocycles. The van der Waals surface area contributed by atoms with Crippen LogP contribution in [0.2, 0.25) is 0 Å². The van der Waals surface area contributed by atoms with Gasteiger partial charge in [-0.05, 0) is 25.3 Å². The van der Waals surface area contributed by atoms with Crippen molar-refractivity contribution < 1.29 is 9.53 Å². The molecule has 1 aliphatic carbocycles. The second-order valence-corrected chi connectivity index (χ2v) is 6.67. The Bertz CT molecular complexity index is 523. The molecule has 1 aromatic heterocycles. The first-order chi connectivity index (χ1) is 11.3. The molecule has 2 fully saturated rings. The Morgan fingerprint density at radius 2 is 2.17 bits per heavy atom. The third-order valence-electron chi connectivity index (χ3n) is 5.08. The molecule has 1 N–H and O–H groups in total. The maximum absolute atomic E-state index is 12.2. The van der Waals surface area contributed by atoms with E-state index in [4.69, 9.17) is 4.74 Å². The number of anilines is 1. The third kappa shape index (κ3) is 4.02. The number of pyridine rings is 1. The van der Waals surface area contributed by atoms with E-state index >= 15 is 0 Å². The van der Waals surface area contributed by atoms with E-state index in [-0.39, 0.29) is 11.8 Å². The summed E-state index contributed by atoms with van der Waals surface area (Å²) in [7, 11) is 2.13. The average Bonchev–Trinajstić information content (AvgIpc) is 3.15. The van der Waals surface area contributed by atoms with E-state index in [1.54, 1.807) is 0 Å². The van der Waals surface area contributed by atoms with Crippen LogP contribution in [0.3, 0.4) is 0 Å². The molecule has 1 aromatic rings. The van der Waals surface area contributed by atoms with Gasteiger partial charge in [0.25, 0.3) is 0 Å². The number of carbonyl (C=O) groups excluding carboxylic acids is 1. The van der Waals surface area contributed by atoms with Gasteiger partial charge in [-0.25, -0.2) is 4.98 Å². The van der Waals surface area contributed by atoms with Crippen LogP contribution in [0.1, 0.15) is 44.1 Å². The first kappa shape index (κ1) is 16.2. The van der Waals surface area contributed by atoms with Gasteiger partial charge in [0, 0.05) is 38.0 Å². The summed E-state index contributed by atoms with van der Waals surface area (Å²) in [5.74, 6) is 1.10. The molecule has 1 atom stereocenters. The minimum Gasteiger partial charge on any atom is -0.381 e. The molecular weight excluding hydrogens is 290 g/mol. The minimum absolute atomic E-state index is 0.00574. The van der Waals surface area contributed by atoms with E-state index < -0.39 is 0 Å². The predicted octanol–water partition coefficient (Wildman–Crippen LogP) is 2.50. The van der Waals surface area contributed by atoms with Crippen molar-refractivity contribution >= 4 is 11.7 Å². The fraction of sp³-hybridized carbons (Fsp3) is 0.667. The van der Waals surface area contributed by atoms with E-state index in [1.807, 2.05) is 12.3 Å². The molecule has 0 bridgehead atoms. The van der Waals surface area contributed by atoms with Crippen LogP contribution in [0.4, 0.5) is 5.82 Å². The highest BCUT2D eigenvalue weighted by Crippen LogP contribution is 2.27. The second-order valence-electron chi connectivity index (χ2n) is 6.67. The second kappa shape index (κ2) is 7.77. The van der Waals surface area contributed by atoms with Crippen LogP contribution < -0.4 is 10.2 Å². The maximum Gasteiger partial charge on any atom is 0.225 e. The van der Waals surface area contributed by atoms with Crippen LogP contribution in [0.25, 0.3) is 0 Å². The van der Waals surface area contributed by atoms with Crippen molar-refractivity contribution in [1.29, 1.82) is 0 Å². The standard InChI is InChI=1S/C18H27N3O2/c1-21(16-7-3-2-4-8-16)17-14(6-5-10-19-17)12-20-18(22)15-9-11-23-13-15/h5-6,10,15-16H,2-4,7-9,11-13H2,1H3,(H,20,22)/t15-/m0/s1. The number of hydrogen-bond donors (Lipinski definition) is 1. The van der Waals surface area contributed by atoms with E-state index in [2.05, 4.69) is 28.3 Å². The molecule has 1 saturated heterocycles. The Morgan fingerprint density at radius 1 is 1.35 bits per heavy atom. The quantitative estimate of drug-likeness (QED) is 0.906. The molecule has 5 nitrogen and oxygen atoms in total. The van der Waals surface area contributed by atoms with Crippen molar-refractivity contribution in [2.75, 3.05) is 25.2 Å². The van der Waals surface area contributed by atoms with E-state index in [9.17, 15) is 4.79 Å². The number of rotatable bonds is 5. The molecular formula is C18H27N3O2. The molecule has 126 valence electrons. The topological polar surface area (TPSA) is 54.5 Å².